The molecule has 4 heteroatoms. The van der Waals surface area contributed by atoms with Crippen LogP contribution in [0.15, 0.2) is 18.2 Å². The van der Waals surface area contributed by atoms with E-state index in [2.05, 4.69) is 11.8 Å². The third kappa shape index (κ3) is 2.35. The van der Waals surface area contributed by atoms with Gasteiger partial charge in [-0.15, -0.1) is 0 Å². The van der Waals surface area contributed by atoms with Crippen LogP contribution < -0.4 is 10.6 Å². The molecule has 3 unspecified atom stereocenters. The molecule has 0 spiro atoms. The van der Waals surface area contributed by atoms with E-state index in [0.29, 0.717) is 12.6 Å². The average molecular weight is 264 g/mol. The van der Waals surface area contributed by atoms with Gasteiger partial charge in [0.1, 0.15) is 5.82 Å². The molecule has 1 aromatic rings. The first-order chi connectivity index (χ1) is 9.19. The Balaban J connectivity index is 1.84. The van der Waals surface area contributed by atoms with E-state index in [1.54, 1.807) is 6.07 Å². The molecule has 2 N–H and O–H groups in total. The molecular weight excluding hydrogens is 243 g/mol. The lowest BCUT2D eigenvalue weighted by atomic mass is 10.1. The molecule has 1 saturated heterocycles. The quantitative estimate of drug-likeness (QED) is 0.908. The smallest absolute Gasteiger partial charge is 0.125 e. The Hall–Kier alpha value is -1.13. The van der Waals surface area contributed by atoms with E-state index in [9.17, 15) is 4.39 Å². The maximum Gasteiger partial charge on any atom is 0.125 e. The van der Waals surface area contributed by atoms with Gasteiger partial charge in [0.2, 0.25) is 0 Å². The third-order valence-corrected chi connectivity index (χ3v) is 4.31. The highest BCUT2D eigenvalue weighted by Crippen LogP contribution is 2.34. The van der Waals surface area contributed by atoms with Crippen molar-refractivity contribution in [1.29, 1.82) is 0 Å². The summed E-state index contributed by atoms with van der Waals surface area (Å²) in [5, 5.41) is 0. The van der Waals surface area contributed by atoms with Crippen molar-refractivity contribution in [3.63, 3.8) is 0 Å². The maximum absolute atomic E-state index is 13.5. The van der Waals surface area contributed by atoms with E-state index in [1.165, 1.54) is 11.6 Å². The minimum atomic E-state index is -0.179. The number of rotatable bonds is 3. The van der Waals surface area contributed by atoms with Crippen molar-refractivity contribution in [2.24, 2.45) is 5.73 Å². The number of ether oxygens (including phenoxy) is 1. The van der Waals surface area contributed by atoms with Gasteiger partial charge in [0.05, 0.1) is 18.2 Å². The second-order valence-corrected chi connectivity index (χ2v) is 5.58. The highest BCUT2D eigenvalue weighted by atomic mass is 19.1. The number of hydrogen-bond donors (Lipinski definition) is 1. The van der Waals surface area contributed by atoms with Gasteiger partial charge in [0, 0.05) is 18.8 Å². The molecule has 19 heavy (non-hydrogen) atoms. The van der Waals surface area contributed by atoms with Crippen LogP contribution in [0.5, 0.6) is 0 Å². The second kappa shape index (κ2) is 5.10. The Bertz CT molecular complexity index is 465. The molecule has 2 aliphatic rings. The van der Waals surface area contributed by atoms with Crippen LogP contribution in [0.3, 0.4) is 0 Å². The van der Waals surface area contributed by atoms with Gasteiger partial charge in [-0.1, -0.05) is 6.07 Å². The van der Waals surface area contributed by atoms with Crippen LogP contribution in [0.2, 0.25) is 0 Å². The van der Waals surface area contributed by atoms with Crippen molar-refractivity contribution in [2.45, 2.75) is 44.4 Å². The zero-order valence-corrected chi connectivity index (χ0v) is 11.3. The third-order valence-electron chi connectivity index (χ3n) is 4.31. The number of nitrogens with two attached hydrogens (primary N) is 1. The van der Waals surface area contributed by atoms with E-state index < -0.39 is 0 Å². The highest BCUT2D eigenvalue weighted by molar-refractivity contribution is 5.59. The lowest BCUT2D eigenvalue weighted by molar-refractivity contribution is 0.0405. The second-order valence-electron chi connectivity index (χ2n) is 5.58. The van der Waals surface area contributed by atoms with Crippen molar-refractivity contribution in [2.75, 3.05) is 18.0 Å². The molecule has 104 valence electrons. The van der Waals surface area contributed by atoms with Crippen LogP contribution in [-0.4, -0.2) is 31.3 Å². The van der Waals surface area contributed by atoms with E-state index >= 15 is 0 Å². The van der Waals surface area contributed by atoms with Gasteiger partial charge in [0.15, 0.2) is 0 Å². The van der Waals surface area contributed by atoms with Crippen LogP contribution in [0.25, 0.3) is 0 Å². The molecule has 3 atom stereocenters. The van der Waals surface area contributed by atoms with Gasteiger partial charge >= 0.3 is 0 Å². The molecule has 0 aliphatic carbocycles. The fraction of sp³-hybridized carbons (Fsp3) is 0.600. The Morgan fingerprint density at radius 2 is 2.32 bits per heavy atom. The lowest BCUT2D eigenvalue weighted by Gasteiger charge is -2.33. The van der Waals surface area contributed by atoms with Crippen molar-refractivity contribution in [1.82, 2.24) is 0 Å². The fourth-order valence-corrected chi connectivity index (χ4v) is 3.32. The Morgan fingerprint density at radius 3 is 3.00 bits per heavy atom. The Labute approximate surface area is 113 Å². The van der Waals surface area contributed by atoms with E-state index in [0.717, 1.165) is 31.5 Å². The van der Waals surface area contributed by atoms with E-state index in [-0.39, 0.29) is 18.0 Å². The molecule has 0 radical (unpaired) electrons. The zero-order valence-electron chi connectivity index (χ0n) is 11.3. The van der Waals surface area contributed by atoms with E-state index in [1.807, 2.05) is 6.07 Å². The van der Waals surface area contributed by atoms with Crippen LogP contribution in [0.4, 0.5) is 10.1 Å². The summed E-state index contributed by atoms with van der Waals surface area (Å²) in [6.07, 6.45) is 3.59. The molecular formula is C15H21FN2O. The van der Waals surface area contributed by atoms with Gasteiger partial charge in [-0.3, -0.25) is 0 Å². The predicted molar refractivity (Wildman–Crippen MR) is 73.9 cm³/mol. The zero-order chi connectivity index (χ0) is 13.4. The lowest BCUT2D eigenvalue weighted by Crippen LogP contribution is -2.48. The summed E-state index contributed by atoms with van der Waals surface area (Å²) in [6.45, 7) is 3.56. The minimum absolute atomic E-state index is 0.160. The van der Waals surface area contributed by atoms with Crippen LogP contribution >= 0.6 is 0 Å². The first-order valence-corrected chi connectivity index (χ1v) is 7.09. The molecule has 3 nitrogen and oxygen atoms in total. The van der Waals surface area contributed by atoms with Crippen LogP contribution in [-0.2, 0) is 11.2 Å². The summed E-state index contributed by atoms with van der Waals surface area (Å²) in [6, 6.07) is 5.21. The van der Waals surface area contributed by atoms with Crippen LogP contribution in [0.1, 0.15) is 25.3 Å². The van der Waals surface area contributed by atoms with Crippen molar-refractivity contribution in [3.05, 3.63) is 29.6 Å². The van der Waals surface area contributed by atoms with Gasteiger partial charge in [-0.25, -0.2) is 4.39 Å². The van der Waals surface area contributed by atoms with Crippen molar-refractivity contribution < 1.29 is 9.13 Å². The topological polar surface area (TPSA) is 38.5 Å². The standard InChI is InChI=1S/C15H21FN2O/c1-10-2-5-15(19-10)14(9-17)18-7-6-11-3-4-12(16)8-13(11)18/h3-4,8,10,14-15H,2,5-7,9,17H2,1H3. The normalized spacial score (nSPS) is 27.6. The summed E-state index contributed by atoms with van der Waals surface area (Å²) < 4.78 is 19.4. The molecule has 1 aromatic carbocycles. The first-order valence-electron chi connectivity index (χ1n) is 7.09. The first kappa shape index (κ1) is 12.9. The molecule has 0 amide bonds. The Morgan fingerprint density at radius 1 is 1.47 bits per heavy atom. The fourth-order valence-electron chi connectivity index (χ4n) is 3.32. The summed E-state index contributed by atoms with van der Waals surface area (Å²) in [5.41, 5.74) is 8.17. The molecule has 2 aliphatic heterocycles. The van der Waals surface area contributed by atoms with Gasteiger partial charge in [-0.2, -0.15) is 0 Å². The molecule has 3 rings (SSSR count). The van der Waals surface area contributed by atoms with Gasteiger partial charge in [0.25, 0.3) is 0 Å². The summed E-state index contributed by atoms with van der Waals surface area (Å²) in [5.74, 6) is -0.179. The van der Waals surface area contributed by atoms with Crippen molar-refractivity contribution >= 4 is 5.69 Å². The Kier molecular flexibility index (Phi) is 3.46. The number of nitrogens with zero attached hydrogens (tertiary/aromatic N) is 1. The highest BCUT2D eigenvalue weighted by Gasteiger charge is 2.35. The predicted octanol–water partition coefficient (Wildman–Crippen LogP) is 2.08. The number of halogens is 1. The summed E-state index contributed by atoms with van der Waals surface area (Å²) in [4.78, 5) is 2.24. The number of hydrogen-bond acceptors (Lipinski definition) is 3. The minimum Gasteiger partial charge on any atom is -0.373 e. The monoisotopic (exact) mass is 264 g/mol. The average Bonchev–Trinajstić information content (AvgIpc) is 2.98. The SMILES string of the molecule is CC1CCC(C(CN)N2CCc3ccc(F)cc32)O1. The largest absolute Gasteiger partial charge is 0.373 e. The molecule has 0 aromatic heterocycles. The molecule has 0 saturated carbocycles. The molecule has 1 fully saturated rings. The maximum atomic E-state index is 13.5. The number of benzene rings is 1. The van der Waals surface area contributed by atoms with Gasteiger partial charge < -0.3 is 15.4 Å². The van der Waals surface area contributed by atoms with Gasteiger partial charge in [-0.05, 0) is 43.9 Å². The molecule has 2 heterocycles. The number of anilines is 1. The van der Waals surface area contributed by atoms with Crippen molar-refractivity contribution in [3.8, 4) is 0 Å². The summed E-state index contributed by atoms with van der Waals surface area (Å²) >= 11 is 0. The van der Waals surface area contributed by atoms with Crippen LogP contribution in [0, 0.1) is 5.82 Å². The van der Waals surface area contributed by atoms with E-state index in [4.69, 9.17) is 10.5 Å². The summed E-state index contributed by atoms with van der Waals surface area (Å²) in [7, 11) is 0. The molecule has 0 bridgehead atoms. The number of fused-ring (bicyclic) bond motifs is 1.